The maximum atomic E-state index is 13.0. The van der Waals surface area contributed by atoms with Crippen LogP contribution in [0, 0.1) is 11.6 Å². The first-order valence-electron chi connectivity index (χ1n) is 3.42. The van der Waals surface area contributed by atoms with Crippen molar-refractivity contribution in [3.05, 3.63) is 28.2 Å². The SMILES string of the molecule is COCOc1ccc(Br)c(F)c1F. The molecule has 1 aromatic carbocycles. The summed E-state index contributed by atoms with van der Waals surface area (Å²) in [6.07, 6.45) is 0. The van der Waals surface area contributed by atoms with Crippen LogP contribution in [0.3, 0.4) is 0 Å². The van der Waals surface area contributed by atoms with Crippen molar-refractivity contribution in [2.75, 3.05) is 13.9 Å². The highest BCUT2D eigenvalue weighted by molar-refractivity contribution is 9.10. The normalized spacial score (nSPS) is 10.2. The van der Waals surface area contributed by atoms with Crippen molar-refractivity contribution in [3.8, 4) is 5.75 Å². The fourth-order valence-electron chi connectivity index (χ4n) is 0.742. The Bertz CT molecular complexity index is 304. The molecule has 1 aromatic rings. The number of halogens is 3. The maximum Gasteiger partial charge on any atom is 0.201 e. The lowest BCUT2D eigenvalue weighted by molar-refractivity contribution is 0.0477. The van der Waals surface area contributed by atoms with Gasteiger partial charge in [0.05, 0.1) is 4.47 Å². The third-order valence-corrected chi connectivity index (χ3v) is 1.94. The van der Waals surface area contributed by atoms with Crippen LogP contribution in [0.5, 0.6) is 5.75 Å². The number of ether oxygens (including phenoxy) is 2. The van der Waals surface area contributed by atoms with E-state index < -0.39 is 11.6 Å². The van der Waals surface area contributed by atoms with Gasteiger partial charge in [-0.2, -0.15) is 4.39 Å². The van der Waals surface area contributed by atoms with E-state index in [1.807, 2.05) is 0 Å². The van der Waals surface area contributed by atoms with E-state index in [0.717, 1.165) is 0 Å². The Kier molecular flexibility index (Phi) is 3.62. The predicted molar refractivity (Wildman–Crippen MR) is 46.6 cm³/mol. The molecular formula is C8H7BrF2O2. The molecule has 0 unspecified atom stereocenters. The third kappa shape index (κ3) is 2.38. The first-order chi connectivity index (χ1) is 6.16. The Morgan fingerprint density at radius 1 is 1.31 bits per heavy atom. The van der Waals surface area contributed by atoms with Crippen molar-refractivity contribution in [2.24, 2.45) is 0 Å². The van der Waals surface area contributed by atoms with Crippen LogP contribution in [-0.2, 0) is 4.74 Å². The van der Waals surface area contributed by atoms with Gasteiger partial charge in [0.15, 0.2) is 18.4 Å². The second kappa shape index (κ2) is 4.53. The van der Waals surface area contributed by atoms with Gasteiger partial charge in [0, 0.05) is 7.11 Å². The number of methoxy groups -OCH3 is 1. The number of rotatable bonds is 3. The van der Waals surface area contributed by atoms with Crippen molar-refractivity contribution in [1.29, 1.82) is 0 Å². The van der Waals surface area contributed by atoms with Gasteiger partial charge in [-0.25, -0.2) is 4.39 Å². The quantitative estimate of drug-likeness (QED) is 0.609. The molecule has 0 fully saturated rings. The second-order valence-electron chi connectivity index (χ2n) is 2.22. The third-order valence-electron chi connectivity index (χ3n) is 1.33. The van der Waals surface area contributed by atoms with Gasteiger partial charge < -0.3 is 9.47 Å². The lowest BCUT2D eigenvalue weighted by atomic mass is 10.3. The largest absolute Gasteiger partial charge is 0.464 e. The van der Waals surface area contributed by atoms with Crippen LogP contribution in [0.4, 0.5) is 8.78 Å². The molecule has 2 nitrogen and oxygen atoms in total. The van der Waals surface area contributed by atoms with E-state index in [-0.39, 0.29) is 17.0 Å². The molecule has 0 aliphatic carbocycles. The van der Waals surface area contributed by atoms with Crippen molar-refractivity contribution in [2.45, 2.75) is 0 Å². The van der Waals surface area contributed by atoms with Gasteiger partial charge in [0.25, 0.3) is 0 Å². The van der Waals surface area contributed by atoms with Crippen LogP contribution in [0.2, 0.25) is 0 Å². The molecule has 0 saturated heterocycles. The van der Waals surface area contributed by atoms with Gasteiger partial charge in [0.1, 0.15) is 0 Å². The van der Waals surface area contributed by atoms with Gasteiger partial charge in [0.2, 0.25) is 5.82 Å². The molecule has 0 amide bonds. The summed E-state index contributed by atoms with van der Waals surface area (Å²) in [5, 5.41) is 0. The summed E-state index contributed by atoms with van der Waals surface area (Å²) in [7, 11) is 1.40. The molecule has 0 heterocycles. The minimum Gasteiger partial charge on any atom is -0.464 e. The summed E-state index contributed by atoms with van der Waals surface area (Å²) < 4.78 is 35.3. The topological polar surface area (TPSA) is 18.5 Å². The van der Waals surface area contributed by atoms with E-state index in [9.17, 15) is 8.78 Å². The molecule has 0 radical (unpaired) electrons. The van der Waals surface area contributed by atoms with E-state index in [0.29, 0.717) is 0 Å². The number of benzene rings is 1. The Morgan fingerprint density at radius 3 is 2.62 bits per heavy atom. The first-order valence-corrected chi connectivity index (χ1v) is 4.21. The van der Waals surface area contributed by atoms with Crippen LogP contribution in [-0.4, -0.2) is 13.9 Å². The standard InChI is InChI=1S/C8H7BrF2O2/c1-12-4-13-6-3-2-5(9)7(10)8(6)11/h2-3H,4H2,1H3. The van der Waals surface area contributed by atoms with Gasteiger partial charge in [-0.3, -0.25) is 0 Å². The van der Waals surface area contributed by atoms with Crippen molar-refractivity contribution < 1.29 is 18.3 Å². The van der Waals surface area contributed by atoms with Crippen LogP contribution in [0.15, 0.2) is 16.6 Å². The van der Waals surface area contributed by atoms with Gasteiger partial charge in [-0.15, -0.1) is 0 Å². The van der Waals surface area contributed by atoms with Crippen molar-refractivity contribution in [1.82, 2.24) is 0 Å². The molecular weight excluding hydrogens is 246 g/mol. The van der Waals surface area contributed by atoms with E-state index in [1.54, 1.807) is 0 Å². The summed E-state index contributed by atoms with van der Waals surface area (Å²) in [4.78, 5) is 0. The molecule has 0 N–H and O–H groups in total. The number of hydrogen-bond donors (Lipinski definition) is 0. The van der Waals surface area contributed by atoms with Gasteiger partial charge >= 0.3 is 0 Å². The Morgan fingerprint density at radius 2 is 2.00 bits per heavy atom. The van der Waals surface area contributed by atoms with Crippen molar-refractivity contribution >= 4 is 15.9 Å². The van der Waals surface area contributed by atoms with E-state index >= 15 is 0 Å². The lowest BCUT2D eigenvalue weighted by Gasteiger charge is -2.06. The molecule has 0 aromatic heterocycles. The maximum absolute atomic E-state index is 13.0. The number of hydrogen-bond acceptors (Lipinski definition) is 2. The zero-order valence-electron chi connectivity index (χ0n) is 6.81. The first kappa shape index (κ1) is 10.4. The molecule has 0 atom stereocenters. The molecule has 1 rings (SSSR count). The van der Waals surface area contributed by atoms with E-state index in [2.05, 4.69) is 20.7 Å². The Labute approximate surface area is 82.6 Å². The zero-order valence-corrected chi connectivity index (χ0v) is 8.40. The molecule has 5 heteroatoms. The molecule has 0 spiro atoms. The predicted octanol–water partition coefficient (Wildman–Crippen LogP) is 2.71. The highest BCUT2D eigenvalue weighted by Crippen LogP contribution is 2.25. The summed E-state index contributed by atoms with van der Waals surface area (Å²) >= 11 is 2.85. The molecule has 0 aliphatic heterocycles. The van der Waals surface area contributed by atoms with Gasteiger partial charge in [-0.05, 0) is 28.1 Å². The monoisotopic (exact) mass is 252 g/mol. The smallest absolute Gasteiger partial charge is 0.201 e. The highest BCUT2D eigenvalue weighted by atomic mass is 79.9. The van der Waals surface area contributed by atoms with Gasteiger partial charge in [-0.1, -0.05) is 0 Å². The Hall–Kier alpha value is -0.680. The average Bonchev–Trinajstić information content (AvgIpc) is 2.13. The molecule has 72 valence electrons. The van der Waals surface area contributed by atoms with Crippen LogP contribution in [0.1, 0.15) is 0 Å². The van der Waals surface area contributed by atoms with Crippen LogP contribution in [0.25, 0.3) is 0 Å². The molecule has 0 bridgehead atoms. The fraction of sp³-hybridized carbons (Fsp3) is 0.250. The Balaban J connectivity index is 2.90. The van der Waals surface area contributed by atoms with E-state index in [4.69, 9.17) is 4.74 Å². The summed E-state index contributed by atoms with van der Waals surface area (Å²) in [5.41, 5.74) is 0. The lowest BCUT2D eigenvalue weighted by Crippen LogP contribution is -2.02. The minimum absolute atomic E-state index is 0.0646. The summed E-state index contributed by atoms with van der Waals surface area (Å²) in [5.74, 6) is -2.15. The van der Waals surface area contributed by atoms with Crippen molar-refractivity contribution in [3.63, 3.8) is 0 Å². The summed E-state index contributed by atoms with van der Waals surface area (Å²) in [6.45, 7) is -0.113. The second-order valence-corrected chi connectivity index (χ2v) is 3.08. The van der Waals surface area contributed by atoms with Crippen LogP contribution >= 0.6 is 15.9 Å². The molecule has 0 aliphatic rings. The van der Waals surface area contributed by atoms with Crippen LogP contribution < -0.4 is 4.74 Å². The fourth-order valence-corrected chi connectivity index (χ4v) is 1.05. The minimum atomic E-state index is -1.02. The highest BCUT2D eigenvalue weighted by Gasteiger charge is 2.12. The average molecular weight is 253 g/mol. The van der Waals surface area contributed by atoms with E-state index in [1.165, 1.54) is 19.2 Å². The molecule has 0 saturated carbocycles. The molecule has 13 heavy (non-hydrogen) atoms. The zero-order chi connectivity index (χ0) is 9.84. The summed E-state index contributed by atoms with van der Waals surface area (Å²) in [6, 6.07) is 2.69.